The average Bonchev–Trinajstić information content (AvgIpc) is 2.08. The molecule has 0 saturated carbocycles. The first-order chi connectivity index (χ1) is 5.26. The molecule has 70 valence electrons. The number of hydrogen-bond acceptors (Lipinski definition) is 2. The van der Waals surface area contributed by atoms with Gasteiger partial charge in [-0.05, 0) is 31.8 Å². The van der Waals surface area contributed by atoms with Gasteiger partial charge >= 0.3 is 0 Å². The van der Waals surface area contributed by atoms with Crippen LogP contribution in [0.25, 0.3) is 0 Å². The van der Waals surface area contributed by atoms with Gasteiger partial charge in [0.1, 0.15) is 0 Å². The van der Waals surface area contributed by atoms with Gasteiger partial charge in [0.05, 0.1) is 0 Å². The minimum absolute atomic E-state index is 1.01. The quantitative estimate of drug-likeness (QED) is 0.646. The molecule has 0 fully saturated rings. The summed E-state index contributed by atoms with van der Waals surface area (Å²) >= 11 is 3.92. The standard InChI is InChI=1S/C6H15N.C3H8S/c1-4-7(5-2)6-3;1-2-3-4/h4-6H2,1-3H3;4H,2-3H2,1H3. The van der Waals surface area contributed by atoms with Gasteiger partial charge in [0.25, 0.3) is 0 Å². The van der Waals surface area contributed by atoms with Crippen LogP contribution in [0.3, 0.4) is 0 Å². The molecule has 0 spiro atoms. The molecule has 0 atom stereocenters. The van der Waals surface area contributed by atoms with Crippen molar-refractivity contribution in [2.24, 2.45) is 0 Å². The molecule has 0 bridgehead atoms. The van der Waals surface area contributed by atoms with Crippen LogP contribution >= 0.6 is 12.6 Å². The predicted octanol–water partition coefficient (Wildman–Crippen LogP) is 2.67. The van der Waals surface area contributed by atoms with E-state index in [-0.39, 0.29) is 0 Å². The van der Waals surface area contributed by atoms with E-state index in [4.69, 9.17) is 0 Å². The van der Waals surface area contributed by atoms with E-state index in [1.807, 2.05) is 0 Å². The fraction of sp³-hybridized carbons (Fsp3) is 1.00. The van der Waals surface area contributed by atoms with Crippen molar-refractivity contribution in [3.8, 4) is 0 Å². The molecule has 0 aliphatic carbocycles. The predicted molar refractivity (Wildman–Crippen MR) is 57.6 cm³/mol. The average molecular weight is 177 g/mol. The first kappa shape index (κ1) is 13.9. The Hall–Kier alpha value is 0.310. The smallest absolute Gasteiger partial charge is 0.00474 e. The molecule has 0 aromatic rings. The zero-order valence-corrected chi connectivity index (χ0v) is 9.32. The first-order valence-electron chi connectivity index (χ1n) is 4.59. The lowest BCUT2D eigenvalue weighted by Gasteiger charge is -2.13. The van der Waals surface area contributed by atoms with Crippen LogP contribution in [0.2, 0.25) is 0 Å². The molecular weight excluding hydrogens is 154 g/mol. The number of nitrogens with zero attached hydrogens (tertiary/aromatic N) is 1. The van der Waals surface area contributed by atoms with E-state index in [1.165, 1.54) is 26.1 Å². The molecule has 0 saturated heterocycles. The van der Waals surface area contributed by atoms with Crippen molar-refractivity contribution < 1.29 is 0 Å². The van der Waals surface area contributed by atoms with E-state index in [9.17, 15) is 0 Å². The van der Waals surface area contributed by atoms with Gasteiger partial charge in [-0.1, -0.05) is 27.7 Å². The maximum atomic E-state index is 3.92. The Morgan fingerprint density at radius 2 is 1.18 bits per heavy atom. The summed E-state index contributed by atoms with van der Waals surface area (Å²) in [7, 11) is 0. The van der Waals surface area contributed by atoms with Crippen LogP contribution in [-0.4, -0.2) is 30.3 Å². The Labute approximate surface area is 77.6 Å². The summed E-state index contributed by atoms with van der Waals surface area (Å²) in [6.07, 6.45) is 1.18. The highest BCUT2D eigenvalue weighted by molar-refractivity contribution is 7.80. The van der Waals surface area contributed by atoms with Crippen molar-refractivity contribution in [3.63, 3.8) is 0 Å². The van der Waals surface area contributed by atoms with Crippen molar-refractivity contribution in [2.75, 3.05) is 25.4 Å². The number of thiol groups is 1. The molecule has 0 amide bonds. The topological polar surface area (TPSA) is 3.24 Å². The third kappa shape index (κ3) is 13.3. The van der Waals surface area contributed by atoms with E-state index in [2.05, 4.69) is 45.2 Å². The van der Waals surface area contributed by atoms with E-state index < -0.39 is 0 Å². The van der Waals surface area contributed by atoms with Crippen molar-refractivity contribution in [3.05, 3.63) is 0 Å². The summed E-state index contributed by atoms with van der Waals surface area (Å²) in [5.41, 5.74) is 0. The lowest BCUT2D eigenvalue weighted by Crippen LogP contribution is -2.21. The third-order valence-electron chi connectivity index (χ3n) is 1.57. The van der Waals surface area contributed by atoms with Crippen LogP contribution in [-0.2, 0) is 0 Å². The minimum Gasteiger partial charge on any atom is -0.304 e. The first-order valence-corrected chi connectivity index (χ1v) is 5.23. The lowest BCUT2D eigenvalue weighted by atomic mass is 10.5. The molecule has 0 unspecified atom stereocenters. The second kappa shape index (κ2) is 12.9. The molecule has 0 aromatic heterocycles. The summed E-state index contributed by atoms with van der Waals surface area (Å²) < 4.78 is 0. The fourth-order valence-electron chi connectivity index (χ4n) is 0.671. The highest BCUT2D eigenvalue weighted by atomic mass is 32.1. The molecule has 2 heteroatoms. The van der Waals surface area contributed by atoms with Crippen molar-refractivity contribution >= 4 is 12.6 Å². The second-order valence-electron chi connectivity index (χ2n) is 2.34. The summed E-state index contributed by atoms with van der Waals surface area (Å²) in [6.45, 7) is 12.2. The molecule has 0 heterocycles. The van der Waals surface area contributed by atoms with E-state index in [1.54, 1.807) is 0 Å². The van der Waals surface area contributed by atoms with Crippen LogP contribution in [0, 0.1) is 0 Å². The van der Waals surface area contributed by atoms with Crippen molar-refractivity contribution in [2.45, 2.75) is 34.1 Å². The van der Waals surface area contributed by atoms with Gasteiger partial charge in [0.15, 0.2) is 0 Å². The Morgan fingerprint density at radius 3 is 1.18 bits per heavy atom. The molecular formula is C9H23NS. The van der Waals surface area contributed by atoms with Crippen LogP contribution in [0.4, 0.5) is 0 Å². The van der Waals surface area contributed by atoms with Crippen LogP contribution in [0.15, 0.2) is 0 Å². The van der Waals surface area contributed by atoms with Crippen molar-refractivity contribution in [1.29, 1.82) is 0 Å². The van der Waals surface area contributed by atoms with Crippen LogP contribution in [0.1, 0.15) is 34.1 Å². The maximum absolute atomic E-state index is 3.92. The van der Waals surface area contributed by atoms with Gasteiger partial charge in [-0.3, -0.25) is 0 Å². The third-order valence-corrected chi connectivity index (χ3v) is 2.01. The SMILES string of the molecule is CCCS.CCN(CC)CC. The second-order valence-corrected chi connectivity index (χ2v) is 2.79. The Morgan fingerprint density at radius 1 is 0.909 bits per heavy atom. The Balaban J connectivity index is 0. The Bertz CT molecular complexity index is 46.0. The Kier molecular flexibility index (Phi) is 16.3. The van der Waals surface area contributed by atoms with E-state index >= 15 is 0 Å². The molecule has 0 aliphatic rings. The largest absolute Gasteiger partial charge is 0.304 e. The molecule has 0 radical (unpaired) electrons. The fourth-order valence-corrected chi connectivity index (χ4v) is 0.671. The van der Waals surface area contributed by atoms with E-state index in [0.717, 1.165) is 5.75 Å². The summed E-state index contributed by atoms with van der Waals surface area (Å²) in [6, 6.07) is 0. The maximum Gasteiger partial charge on any atom is -0.00474 e. The van der Waals surface area contributed by atoms with Gasteiger partial charge in [0, 0.05) is 0 Å². The van der Waals surface area contributed by atoms with Gasteiger partial charge in [-0.2, -0.15) is 12.6 Å². The highest BCUT2D eigenvalue weighted by Crippen LogP contribution is 1.81. The molecule has 1 nitrogen and oxygen atoms in total. The minimum atomic E-state index is 1.01. The highest BCUT2D eigenvalue weighted by Gasteiger charge is 1.89. The monoisotopic (exact) mass is 177 g/mol. The van der Waals surface area contributed by atoms with Gasteiger partial charge < -0.3 is 4.90 Å². The van der Waals surface area contributed by atoms with E-state index in [0.29, 0.717) is 0 Å². The zero-order valence-electron chi connectivity index (χ0n) is 8.43. The summed E-state index contributed by atoms with van der Waals surface area (Å²) in [4.78, 5) is 2.38. The molecule has 0 aromatic carbocycles. The zero-order chi connectivity index (χ0) is 9.11. The van der Waals surface area contributed by atoms with Crippen molar-refractivity contribution in [1.82, 2.24) is 4.90 Å². The number of hydrogen-bond donors (Lipinski definition) is 1. The molecule has 0 rings (SSSR count). The molecule has 0 aliphatic heterocycles. The molecule has 11 heavy (non-hydrogen) atoms. The van der Waals surface area contributed by atoms with Crippen LogP contribution in [0.5, 0.6) is 0 Å². The van der Waals surface area contributed by atoms with Gasteiger partial charge in [0.2, 0.25) is 0 Å². The summed E-state index contributed by atoms with van der Waals surface area (Å²) in [5, 5.41) is 0. The van der Waals surface area contributed by atoms with Gasteiger partial charge in [-0.15, -0.1) is 0 Å². The lowest BCUT2D eigenvalue weighted by molar-refractivity contribution is 0.321. The molecule has 0 N–H and O–H groups in total. The normalized spacial score (nSPS) is 9.27. The van der Waals surface area contributed by atoms with Gasteiger partial charge in [-0.25, -0.2) is 0 Å². The summed E-state index contributed by atoms with van der Waals surface area (Å²) in [5.74, 6) is 1.01. The van der Waals surface area contributed by atoms with Crippen LogP contribution < -0.4 is 0 Å². The number of rotatable bonds is 4.